The summed E-state index contributed by atoms with van der Waals surface area (Å²) < 4.78 is 48.5. The summed E-state index contributed by atoms with van der Waals surface area (Å²) in [6.45, 7) is 0.372. The molecule has 29 heavy (non-hydrogen) atoms. The van der Waals surface area contributed by atoms with Gasteiger partial charge in [-0.25, -0.2) is 17.5 Å². The highest BCUT2D eigenvalue weighted by Gasteiger charge is 2.34. The lowest BCUT2D eigenvalue weighted by Gasteiger charge is -2.36. The molecule has 158 valence electrons. The van der Waals surface area contributed by atoms with Crippen molar-refractivity contribution < 1.29 is 22.7 Å². The van der Waals surface area contributed by atoms with Crippen LogP contribution >= 0.6 is 0 Å². The molecule has 2 aliphatic rings. The summed E-state index contributed by atoms with van der Waals surface area (Å²) in [6, 6.07) is 4.09. The number of ether oxygens (including phenoxy) is 1. The maximum Gasteiger partial charge on any atom is 0.240 e. The molecule has 2 aromatic rings. The van der Waals surface area contributed by atoms with Crippen molar-refractivity contribution in [3.63, 3.8) is 0 Å². The number of nitrogens with one attached hydrogen (secondary N) is 1. The van der Waals surface area contributed by atoms with Crippen LogP contribution in [0.4, 0.5) is 4.39 Å². The molecular formula is C19H25FN4O4S. The Balaban J connectivity index is 1.32. The fraction of sp³-hybridized carbons (Fsp3) is 0.579. The Morgan fingerprint density at radius 2 is 1.97 bits per heavy atom. The molecule has 10 heteroatoms. The van der Waals surface area contributed by atoms with Gasteiger partial charge in [-0.15, -0.1) is 5.10 Å². The van der Waals surface area contributed by atoms with Crippen molar-refractivity contribution in [1.82, 2.24) is 19.7 Å². The number of hydrogen-bond acceptors (Lipinski definition) is 6. The molecule has 1 aliphatic heterocycles. The van der Waals surface area contributed by atoms with Crippen LogP contribution in [0.25, 0.3) is 0 Å². The molecule has 1 saturated carbocycles. The molecule has 1 aliphatic carbocycles. The van der Waals surface area contributed by atoms with Crippen LogP contribution < -0.4 is 4.72 Å². The largest absolute Gasteiger partial charge is 0.394 e. The number of aromatic nitrogens is 3. The lowest BCUT2D eigenvalue weighted by Crippen LogP contribution is -2.50. The summed E-state index contributed by atoms with van der Waals surface area (Å²) in [5.74, 6) is 0.0565. The number of rotatable bonds is 8. The van der Waals surface area contributed by atoms with Crippen LogP contribution in [0.2, 0.25) is 0 Å². The molecule has 1 aromatic heterocycles. The highest BCUT2D eigenvalue weighted by atomic mass is 32.2. The molecule has 2 heterocycles. The zero-order valence-corrected chi connectivity index (χ0v) is 16.8. The van der Waals surface area contributed by atoms with Gasteiger partial charge in [0.15, 0.2) is 0 Å². The Hall–Kier alpha value is -1.88. The van der Waals surface area contributed by atoms with Crippen molar-refractivity contribution in [2.24, 2.45) is 0 Å². The maximum atomic E-state index is 13.1. The minimum Gasteiger partial charge on any atom is -0.394 e. The van der Waals surface area contributed by atoms with Crippen molar-refractivity contribution >= 4 is 10.0 Å². The Labute approximate surface area is 169 Å². The van der Waals surface area contributed by atoms with E-state index in [0.717, 1.165) is 17.8 Å². The topological polar surface area (TPSA) is 106 Å². The predicted octanol–water partition coefficient (Wildman–Crippen LogP) is 1.57. The van der Waals surface area contributed by atoms with Crippen molar-refractivity contribution in [3.05, 3.63) is 42.0 Å². The van der Waals surface area contributed by atoms with Gasteiger partial charge in [0.2, 0.25) is 10.0 Å². The van der Waals surface area contributed by atoms with Crippen molar-refractivity contribution in [1.29, 1.82) is 0 Å². The van der Waals surface area contributed by atoms with E-state index in [1.54, 1.807) is 0 Å². The molecule has 3 atom stereocenters. The molecule has 2 fully saturated rings. The predicted molar refractivity (Wildman–Crippen MR) is 102 cm³/mol. The zero-order chi connectivity index (χ0) is 20.4. The first-order chi connectivity index (χ1) is 13.9. The third-order valence-electron chi connectivity index (χ3n) is 5.46. The Morgan fingerprint density at radius 3 is 2.66 bits per heavy atom. The van der Waals surface area contributed by atoms with E-state index >= 15 is 0 Å². The SMILES string of the molecule is O=S(=O)(N[C@H]1CC[C@@H](CCn2cc(C3CC3)nn2)O[C@@H]1CO)c1ccc(F)cc1. The summed E-state index contributed by atoms with van der Waals surface area (Å²) in [5.41, 5.74) is 1.04. The number of halogens is 1. The summed E-state index contributed by atoms with van der Waals surface area (Å²) >= 11 is 0. The lowest BCUT2D eigenvalue weighted by atomic mass is 9.98. The number of sulfonamides is 1. The van der Waals surface area contributed by atoms with E-state index < -0.39 is 28.0 Å². The van der Waals surface area contributed by atoms with Crippen LogP contribution in [0.1, 0.15) is 43.7 Å². The Bertz CT molecular complexity index is 930. The molecule has 8 nitrogen and oxygen atoms in total. The molecule has 0 amide bonds. The average Bonchev–Trinajstić information content (AvgIpc) is 3.45. The molecule has 2 N–H and O–H groups in total. The van der Waals surface area contributed by atoms with E-state index in [-0.39, 0.29) is 17.6 Å². The molecule has 1 aromatic carbocycles. The third kappa shape index (κ3) is 5.00. The number of aryl methyl sites for hydroxylation is 1. The number of benzene rings is 1. The van der Waals surface area contributed by atoms with Crippen LogP contribution in [0.15, 0.2) is 35.4 Å². The van der Waals surface area contributed by atoms with Crippen LogP contribution in [0, 0.1) is 5.82 Å². The first kappa shape index (κ1) is 20.4. The van der Waals surface area contributed by atoms with Gasteiger partial charge in [0.1, 0.15) is 5.82 Å². The Kier molecular flexibility index (Phi) is 5.95. The van der Waals surface area contributed by atoms with Gasteiger partial charge in [-0.1, -0.05) is 5.21 Å². The van der Waals surface area contributed by atoms with Gasteiger partial charge in [0.25, 0.3) is 0 Å². The average molecular weight is 424 g/mol. The molecule has 1 saturated heterocycles. The fourth-order valence-corrected chi connectivity index (χ4v) is 4.92. The van der Waals surface area contributed by atoms with Gasteiger partial charge in [-0.2, -0.15) is 0 Å². The second-order valence-corrected chi connectivity index (χ2v) is 9.42. The molecule has 0 radical (unpaired) electrons. The third-order valence-corrected chi connectivity index (χ3v) is 6.96. The summed E-state index contributed by atoms with van der Waals surface area (Å²) in [6.07, 6.45) is 5.52. The van der Waals surface area contributed by atoms with Crippen LogP contribution in [-0.2, 0) is 21.3 Å². The number of nitrogens with zero attached hydrogens (tertiary/aromatic N) is 3. The second-order valence-electron chi connectivity index (χ2n) is 7.71. The smallest absolute Gasteiger partial charge is 0.240 e. The fourth-order valence-electron chi connectivity index (χ4n) is 3.63. The van der Waals surface area contributed by atoms with E-state index in [4.69, 9.17) is 4.74 Å². The monoisotopic (exact) mass is 424 g/mol. The first-order valence-corrected chi connectivity index (χ1v) is 11.4. The van der Waals surface area contributed by atoms with E-state index in [1.165, 1.54) is 25.0 Å². The summed E-state index contributed by atoms with van der Waals surface area (Å²) in [7, 11) is -3.82. The van der Waals surface area contributed by atoms with Crippen LogP contribution in [-0.4, -0.2) is 53.4 Å². The van der Waals surface area contributed by atoms with Gasteiger partial charge in [0, 0.05) is 18.7 Å². The number of aliphatic hydroxyl groups is 1. The molecule has 0 unspecified atom stereocenters. The van der Waals surface area contributed by atoms with E-state index in [2.05, 4.69) is 15.0 Å². The van der Waals surface area contributed by atoms with Gasteiger partial charge in [-0.3, -0.25) is 4.68 Å². The summed E-state index contributed by atoms with van der Waals surface area (Å²) in [4.78, 5) is -0.0182. The van der Waals surface area contributed by atoms with Crippen molar-refractivity contribution in [2.45, 2.75) is 67.7 Å². The Morgan fingerprint density at radius 1 is 1.21 bits per heavy atom. The van der Waals surface area contributed by atoms with Gasteiger partial charge in [-0.05, 0) is 56.4 Å². The lowest BCUT2D eigenvalue weighted by molar-refractivity contribution is -0.0891. The van der Waals surface area contributed by atoms with Crippen LogP contribution in [0.3, 0.4) is 0 Å². The zero-order valence-electron chi connectivity index (χ0n) is 15.9. The van der Waals surface area contributed by atoms with Crippen molar-refractivity contribution in [3.8, 4) is 0 Å². The maximum absolute atomic E-state index is 13.1. The van der Waals surface area contributed by atoms with Crippen LogP contribution in [0.5, 0.6) is 0 Å². The number of hydrogen-bond donors (Lipinski definition) is 2. The normalized spacial score (nSPS) is 25.2. The highest BCUT2D eigenvalue weighted by molar-refractivity contribution is 7.89. The molecule has 0 spiro atoms. The van der Waals surface area contributed by atoms with E-state index in [0.29, 0.717) is 31.7 Å². The van der Waals surface area contributed by atoms with Gasteiger partial charge in [0.05, 0.1) is 35.4 Å². The second kappa shape index (κ2) is 8.47. The molecule has 4 rings (SSSR count). The van der Waals surface area contributed by atoms with E-state index in [1.807, 2.05) is 10.9 Å². The summed E-state index contributed by atoms with van der Waals surface area (Å²) in [5, 5.41) is 18.0. The first-order valence-electron chi connectivity index (χ1n) is 9.89. The number of aliphatic hydroxyl groups excluding tert-OH is 1. The minimum absolute atomic E-state index is 0.0182. The minimum atomic E-state index is -3.82. The standard InChI is InChI=1S/C19H25FN4O4S/c20-14-3-6-16(7-4-14)29(26,27)22-17-8-5-15(28-19(17)12-25)9-10-24-11-18(21-23-24)13-1-2-13/h3-4,6-7,11,13,15,17,19,22,25H,1-2,5,8-10,12H2/t15-,17-,19+/m0/s1. The van der Waals surface area contributed by atoms with E-state index in [9.17, 15) is 17.9 Å². The molecule has 0 bridgehead atoms. The van der Waals surface area contributed by atoms with Gasteiger partial charge < -0.3 is 9.84 Å². The van der Waals surface area contributed by atoms with Gasteiger partial charge >= 0.3 is 0 Å². The van der Waals surface area contributed by atoms with Crippen molar-refractivity contribution in [2.75, 3.05) is 6.61 Å². The molecular weight excluding hydrogens is 399 g/mol. The highest BCUT2D eigenvalue weighted by Crippen LogP contribution is 2.38. The quantitative estimate of drug-likeness (QED) is 0.666.